The summed E-state index contributed by atoms with van der Waals surface area (Å²) in [6, 6.07) is 10.7. The van der Waals surface area contributed by atoms with Gasteiger partial charge in [0.25, 0.3) is 0 Å². The van der Waals surface area contributed by atoms with Crippen LogP contribution >= 0.6 is 23.5 Å². The molecule has 0 heterocycles. The van der Waals surface area contributed by atoms with Gasteiger partial charge in [0, 0.05) is 15.2 Å². The standard InChI is InChI=1S/C13H18S2/c1-3-7-12(8-4-1)14-11-15-13-9-5-2-6-10-13/h1,3-4,7-8,13H,2,5-6,9-11H2. The predicted molar refractivity (Wildman–Crippen MR) is 71.6 cm³/mol. The number of rotatable bonds is 4. The molecule has 1 aliphatic rings. The molecule has 1 saturated carbocycles. The van der Waals surface area contributed by atoms with Gasteiger partial charge in [0.15, 0.2) is 0 Å². The van der Waals surface area contributed by atoms with Crippen LogP contribution in [-0.4, -0.2) is 10.3 Å². The van der Waals surface area contributed by atoms with Crippen molar-refractivity contribution < 1.29 is 0 Å². The van der Waals surface area contributed by atoms with Gasteiger partial charge in [-0.05, 0) is 25.0 Å². The molecule has 0 amide bonds. The molecule has 0 saturated heterocycles. The molecule has 0 N–H and O–H groups in total. The van der Waals surface area contributed by atoms with Crippen molar-refractivity contribution in [2.75, 3.05) is 5.08 Å². The molecule has 0 aromatic heterocycles. The van der Waals surface area contributed by atoms with Crippen molar-refractivity contribution in [2.45, 2.75) is 42.2 Å². The van der Waals surface area contributed by atoms with Crippen LogP contribution in [0.2, 0.25) is 0 Å². The molecule has 0 spiro atoms. The summed E-state index contributed by atoms with van der Waals surface area (Å²) >= 11 is 4.13. The third kappa shape index (κ3) is 4.12. The zero-order valence-electron chi connectivity index (χ0n) is 9.02. The molecule has 0 bridgehead atoms. The minimum absolute atomic E-state index is 0.940. The molecule has 0 nitrogen and oxygen atoms in total. The van der Waals surface area contributed by atoms with Crippen molar-refractivity contribution in [3.63, 3.8) is 0 Å². The molecule has 1 aromatic carbocycles. The van der Waals surface area contributed by atoms with Crippen molar-refractivity contribution in [3.05, 3.63) is 30.3 Å². The molecule has 82 valence electrons. The fourth-order valence-electron chi connectivity index (χ4n) is 1.95. The lowest BCUT2D eigenvalue weighted by molar-refractivity contribution is 0.516. The SMILES string of the molecule is c1ccc(SCSC2CCCCC2)cc1. The Labute approximate surface area is 101 Å². The summed E-state index contributed by atoms with van der Waals surface area (Å²) in [5, 5.41) is 2.16. The van der Waals surface area contributed by atoms with Crippen LogP contribution in [0.5, 0.6) is 0 Å². The van der Waals surface area contributed by atoms with E-state index in [4.69, 9.17) is 0 Å². The van der Waals surface area contributed by atoms with Crippen LogP contribution in [0.15, 0.2) is 35.2 Å². The van der Waals surface area contributed by atoms with E-state index in [2.05, 4.69) is 42.1 Å². The molecular weight excluding hydrogens is 220 g/mol. The Kier molecular flexibility index (Phi) is 4.94. The molecule has 1 aromatic rings. The van der Waals surface area contributed by atoms with Crippen LogP contribution in [0.4, 0.5) is 0 Å². The maximum Gasteiger partial charge on any atom is 0.0442 e. The molecule has 15 heavy (non-hydrogen) atoms. The van der Waals surface area contributed by atoms with Crippen molar-refractivity contribution in [2.24, 2.45) is 0 Å². The number of benzene rings is 1. The first kappa shape index (κ1) is 11.4. The van der Waals surface area contributed by atoms with Crippen LogP contribution in [0.25, 0.3) is 0 Å². The summed E-state index contributed by atoms with van der Waals surface area (Å²) in [6.45, 7) is 0. The van der Waals surface area contributed by atoms with E-state index in [0.29, 0.717) is 0 Å². The highest BCUT2D eigenvalue weighted by Gasteiger charge is 2.13. The van der Waals surface area contributed by atoms with Crippen molar-refractivity contribution >= 4 is 23.5 Å². The minimum Gasteiger partial charge on any atom is -0.147 e. The second-order valence-corrected chi connectivity index (χ2v) is 6.70. The Balaban J connectivity index is 1.66. The summed E-state index contributed by atoms with van der Waals surface area (Å²) in [5.41, 5.74) is 0. The van der Waals surface area contributed by atoms with Gasteiger partial charge in [0.1, 0.15) is 0 Å². The highest BCUT2D eigenvalue weighted by atomic mass is 32.2. The molecule has 0 unspecified atom stereocenters. The fourth-order valence-corrected chi connectivity index (χ4v) is 4.55. The van der Waals surface area contributed by atoms with Crippen molar-refractivity contribution in [1.29, 1.82) is 0 Å². The van der Waals surface area contributed by atoms with E-state index in [-0.39, 0.29) is 0 Å². The first-order valence-corrected chi connectivity index (χ1v) is 7.78. The second-order valence-electron chi connectivity index (χ2n) is 4.00. The monoisotopic (exact) mass is 238 g/mol. The maximum absolute atomic E-state index is 2.20. The molecule has 2 heteroatoms. The normalized spacial score (nSPS) is 17.9. The van der Waals surface area contributed by atoms with E-state index in [9.17, 15) is 0 Å². The zero-order valence-corrected chi connectivity index (χ0v) is 10.7. The molecule has 0 atom stereocenters. The number of hydrogen-bond donors (Lipinski definition) is 0. The van der Waals surface area contributed by atoms with Crippen LogP contribution in [0, 0.1) is 0 Å². The van der Waals surface area contributed by atoms with Crippen molar-refractivity contribution in [1.82, 2.24) is 0 Å². The van der Waals surface area contributed by atoms with Gasteiger partial charge >= 0.3 is 0 Å². The lowest BCUT2D eigenvalue weighted by Gasteiger charge is -2.20. The van der Waals surface area contributed by atoms with E-state index in [1.165, 1.54) is 42.1 Å². The molecule has 1 aliphatic carbocycles. The summed E-state index contributed by atoms with van der Waals surface area (Å²) in [4.78, 5) is 1.40. The van der Waals surface area contributed by atoms with Crippen LogP contribution in [0.3, 0.4) is 0 Å². The van der Waals surface area contributed by atoms with Gasteiger partial charge in [0.05, 0.1) is 0 Å². The van der Waals surface area contributed by atoms with Gasteiger partial charge in [-0.2, -0.15) is 0 Å². The molecule has 0 radical (unpaired) electrons. The average Bonchev–Trinajstić information content (AvgIpc) is 2.32. The van der Waals surface area contributed by atoms with Gasteiger partial charge < -0.3 is 0 Å². The lowest BCUT2D eigenvalue weighted by atomic mass is 10.0. The fraction of sp³-hybridized carbons (Fsp3) is 0.538. The second kappa shape index (κ2) is 6.49. The maximum atomic E-state index is 2.20. The lowest BCUT2D eigenvalue weighted by Crippen LogP contribution is -2.07. The number of thioether (sulfide) groups is 2. The third-order valence-electron chi connectivity index (χ3n) is 2.82. The van der Waals surface area contributed by atoms with E-state index in [1.807, 2.05) is 11.8 Å². The zero-order chi connectivity index (χ0) is 10.3. The third-order valence-corrected chi connectivity index (χ3v) is 5.39. The van der Waals surface area contributed by atoms with E-state index < -0.39 is 0 Å². The Morgan fingerprint density at radius 2 is 1.73 bits per heavy atom. The topological polar surface area (TPSA) is 0 Å². The van der Waals surface area contributed by atoms with Gasteiger partial charge in [-0.15, -0.1) is 23.5 Å². The quantitative estimate of drug-likeness (QED) is 0.546. The van der Waals surface area contributed by atoms with Crippen molar-refractivity contribution in [3.8, 4) is 0 Å². The summed E-state index contributed by atoms with van der Waals surface area (Å²) < 4.78 is 0. The van der Waals surface area contributed by atoms with Gasteiger partial charge in [0.2, 0.25) is 0 Å². The van der Waals surface area contributed by atoms with Gasteiger partial charge in [-0.3, -0.25) is 0 Å². The summed E-state index contributed by atoms with van der Waals surface area (Å²) in [6.07, 6.45) is 7.25. The summed E-state index contributed by atoms with van der Waals surface area (Å²) in [5.74, 6) is 0. The van der Waals surface area contributed by atoms with Gasteiger partial charge in [-0.25, -0.2) is 0 Å². The average molecular weight is 238 g/mol. The Bertz CT molecular complexity index is 265. The Morgan fingerprint density at radius 3 is 2.47 bits per heavy atom. The first-order chi connectivity index (χ1) is 7.45. The number of hydrogen-bond acceptors (Lipinski definition) is 2. The van der Waals surface area contributed by atoms with E-state index in [0.717, 1.165) is 5.25 Å². The van der Waals surface area contributed by atoms with E-state index >= 15 is 0 Å². The molecule has 2 rings (SSSR count). The van der Waals surface area contributed by atoms with E-state index in [1.54, 1.807) is 0 Å². The Hall–Kier alpha value is -0.0800. The smallest absolute Gasteiger partial charge is 0.0442 e. The predicted octanol–water partition coefficient (Wildman–Crippen LogP) is 4.80. The van der Waals surface area contributed by atoms with Crippen LogP contribution in [-0.2, 0) is 0 Å². The summed E-state index contributed by atoms with van der Waals surface area (Å²) in [7, 11) is 0. The highest BCUT2D eigenvalue weighted by Crippen LogP contribution is 2.32. The molecule has 0 aliphatic heterocycles. The van der Waals surface area contributed by atoms with Gasteiger partial charge in [-0.1, -0.05) is 37.5 Å². The highest BCUT2D eigenvalue weighted by molar-refractivity contribution is 8.16. The largest absolute Gasteiger partial charge is 0.147 e. The minimum atomic E-state index is 0.940. The van der Waals surface area contributed by atoms with Crippen LogP contribution < -0.4 is 0 Å². The Morgan fingerprint density at radius 1 is 1.00 bits per heavy atom. The molecular formula is C13H18S2. The van der Waals surface area contributed by atoms with Crippen LogP contribution in [0.1, 0.15) is 32.1 Å². The first-order valence-electron chi connectivity index (χ1n) is 5.74. The molecule has 1 fully saturated rings.